The second-order valence-corrected chi connectivity index (χ2v) is 4.95. The van der Waals surface area contributed by atoms with Gasteiger partial charge in [-0.25, -0.2) is 4.39 Å². The first-order valence-electron chi connectivity index (χ1n) is 5.78. The van der Waals surface area contributed by atoms with Crippen molar-refractivity contribution in [3.05, 3.63) is 34.6 Å². The molecule has 0 fully saturated rings. The molecule has 1 aromatic carbocycles. The van der Waals surface area contributed by atoms with Crippen molar-refractivity contribution in [2.45, 2.75) is 13.8 Å². The Balaban J connectivity index is 3.04. The summed E-state index contributed by atoms with van der Waals surface area (Å²) >= 11 is 5.74. The van der Waals surface area contributed by atoms with Gasteiger partial charge in [0.15, 0.2) is 0 Å². The summed E-state index contributed by atoms with van der Waals surface area (Å²) in [5.74, 6) is -2.31. The average molecular weight is 288 g/mol. The van der Waals surface area contributed by atoms with E-state index in [1.807, 2.05) is 13.8 Å². The van der Waals surface area contributed by atoms with E-state index in [9.17, 15) is 14.0 Å². The van der Waals surface area contributed by atoms with Crippen LogP contribution in [0.25, 0.3) is 0 Å². The Morgan fingerprint density at radius 2 is 2.05 bits per heavy atom. The summed E-state index contributed by atoms with van der Waals surface area (Å²) < 4.78 is 13.3. The van der Waals surface area contributed by atoms with Gasteiger partial charge in [0.25, 0.3) is 5.91 Å². The average Bonchev–Trinajstić information content (AvgIpc) is 2.30. The van der Waals surface area contributed by atoms with Crippen LogP contribution in [0.3, 0.4) is 0 Å². The van der Waals surface area contributed by atoms with Crippen molar-refractivity contribution in [3.8, 4) is 0 Å². The van der Waals surface area contributed by atoms with Crippen molar-refractivity contribution < 1.29 is 19.1 Å². The second kappa shape index (κ2) is 6.52. The highest BCUT2D eigenvalue weighted by molar-refractivity contribution is 6.34. The van der Waals surface area contributed by atoms with Crippen LogP contribution in [0.1, 0.15) is 24.2 Å². The van der Waals surface area contributed by atoms with Crippen LogP contribution in [0.15, 0.2) is 18.2 Å². The maximum Gasteiger partial charge on any atom is 0.323 e. The van der Waals surface area contributed by atoms with Crippen LogP contribution in [0.2, 0.25) is 5.02 Å². The molecule has 1 amide bonds. The molecule has 0 aliphatic heterocycles. The topological polar surface area (TPSA) is 57.6 Å². The predicted octanol–water partition coefficient (Wildman–Crippen LogP) is 2.66. The summed E-state index contributed by atoms with van der Waals surface area (Å²) in [7, 11) is 0. The highest BCUT2D eigenvalue weighted by Crippen LogP contribution is 2.21. The van der Waals surface area contributed by atoms with Crippen molar-refractivity contribution in [1.82, 2.24) is 4.90 Å². The Labute approximate surface area is 115 Å². The van der Waals surface area contributed by atoms with E-state index in [-0.39, 0.29) is 23.0 Å². The Bertz CT molecular complexity index is 491. The van der Waals surface area contributed by atoms with Gasteiger partial charge in [0.05, 0.1) is 10.6 Å². The molecule has 0 unspecified atom stereocenters. The van der Waals surface area contributed by atoms with Crippen molar-refractivity contribution in [2.75, 3.05) is 13.1 Å². The first-order chi connectivity index (χ1) is 8.82. The SMILES string of the molecule is CC(C)CN(CC(=O)O)C(=O)c1cccc(F)c1Cl. The fourth-order valence-corrected chi connectivity index (χ4v) is 1.87. The van der Waals surface area contributed by atoms with Gasteiger partial charge in [-0.1, -0.05) is 31.5 Å². The Hall–Kier alpha value is -1.62. The van der Waals surface area contributed by atoms with Crippen molar-refractivity contribution in [2.24, 2.45) is 5.92 Å². The molecule has 0 saturated heterocycles. The van der Waals surface area contributed by atoms with Gasteiger partial charge >= 0.3 is 5.97 Å². The van der Waals surface area contributed by atoms with Gasteiger partial charge in [0.1, 0.15) is 12.4 Å². The maximum atomic E-state index is 13.3. The normalized spacial score (nSPS) is 10.6. The van der Waals surface area contributed by atoms with Crippen molar-refractivity contribution in [1.29, 1.82) is 0 Å². The molecule has 19 heavy (non-hydrogen) atoms. The molecule has 0 bridgehead atoms. The molecule has 0 radical (unpaired) electrons. The number of carbonyl (C=O) groups is 2. The van der Waals surface area contributed by atoms with E-state index in [2.05, 4.69) is 0 Å². The van der Waals surface area contributed by atoms with E-state index < -0.39 is 24.2 Å². The lowest BCUT2D eigenvalue weighted by Crippen LogP contribution is -2.38. The Kier molecular flexibility index (Phi) is 5.30. The number of nitrogens with zero attached hydrogens (tertiary/aromatic N) is 1. The van der Waals surface area contributed by atoms with E-state index in [0.29, 0.717) is 0 Å². The number of carboxylic acid groups (broad SMARTS) is 1. The summed E-state index contributed by atoms with van der Waals surface area (Å²) in [6.07, 6.45) is 0. The molecular weight excluding hydrogens is 273 g/mol. The molecular formula is C13H15ClFNO3. The molecule has 0 aliphatic carbocycles. The molecule has 0 heterocycles. The third-order valence-corrected chi connectivity index (χ3v) is 2.77. The van der Waals surface area contributed by atoms with Crippen LogP contribution in [0.4, 0.5) is 4.39 Å². The number of amides is 1. The van der Waals surface area contributed by atoms with Crippen LogP contribution in [0, 0.1) is 11.7 Å². The van der Waals surface area contributed by atoms with E-state index in [0.717, 1.165) is 11.0 Å². The number of carboxylic acids is 1. The molecule has 0 spiro atoms. The first kappa shape index (κ1) is 15.4. The molecule has 104 valence electrons. The zero-order valence-electron chi connectivity index (χ0n) is 10.7. The third kappa shape index (κ3) is 4.21. The number of halogens is 2. The molecule has 1 rings (SSSR count). The van der Waals surface area contributed by atoms with Crippen LogP contribution in [0.5, 0.6) is 0 Å². The first-order valence-corrected chi connectivity index (χ1v) is 6.15. The Morgan fingerprint density at radius 1 is 1.42 bits per heavy atom. The summed E-state index contributed by atoms with van der Waals surface area (Å²) in [5.41, 5.74) is -0.0245. The standard InChI is InChI=1S/C13H15ClFNO3/c1-8(2)6-16(7-11(17)18)13(19)9-4-3-5-10(15)12(9)14/h3-5,8H,6-7H2,1-2H3,(H,17,18). The van der Waals surface area contributed by atoms with Gasteiger partial charge in [0.2, 0.25) is 0 Å². The molecule has 0 atom stereocenters. The summed E-state index contributed by atoms with van der Waals surface area (Å²) in [4.78, 5) is 24.1. The maximum absolute atomic E-state index is 13.3. The smallest absolute Gasteiger partial charge is 0.323 e. The molecule has 6 heteroatoms. The van der Waals surface area contributed by atoms with Crippen molar-refractivity contribution >= 4 is 23.5 Å². The number of hydrogen-bond acceptors (Lipinski definition) is 2. The molecule has 0 aliphatic rings. The number of rotatable bonds is 5. The zero-order chi connectivity index (χ0) is 14.6. The van der Waals surface area contributed by atoms with Crippen molar-refractivity contribution in [3.63, 3.8) is 0 Å². The second-order valence-electron chi connectivity index (χ2n) is 4.57. The lowest BCUT2D eigenvalue weighted by atomic mass is 10.1. The van der Waals surface area contributed by atoms with Crippen LogP contribution < -0.4 is 0 Å². The third-order valence-electron chi connectivity index (χ3n) is 2.38. The largest absolute Gasteiger partial charge is 0.480 e. The molecule has 1 N–H and O–H groups in total. The minimum absolute atomic E-state index is 0.0245. The highest BCUT2D eigenvalue weighted by atomic mass is 35.5. The summed E-state index contributed by atoms with van der Waals surface area (Å²) in [6, 6.07) is 3.88. The van der Waals surface area contributed by atoms with Crippen LogP contribution in [-0.4, -0.2) is 35.0 Å². The Morgan fingerprint density at radius 3 is 2.58 bits per heavy atom. The van der Waals surface area contributed by atoms with Gasteiger partial charge in [0, 0.05) is 6.54 Å². The fourth-order valence-electron chi connectivity index (χ4n) is 1.66. The lowest BCUT2D eigenvalue weighted by Gasteiger charge is -2.23. The van der Waals surface area contributed by atoms with E-state index in [1.165, 1.54) is 12.1 Å². The van der Waals surface area contributed by atoms with E-state index in [1.54, 1.807) is 0 Å². The van der Waals surface area contributed by atoms with Gasteiger partial charge in [-0.3, -0.25) is 9.59 Å². The zero-order valence-corrected chi connectivity index (χ0v) is 11.4. The molecule has 4 nitrogen and oxygen atoms in total. The summed E-state index contributed by atoms with van der Waals surface area (Å²) in [5, 5.41) is 8.53. The number of hydrogen-bond donors (Lipinski definition) is 1. The minimum Gasteiger partial charge on any atom is -0.480 e. The van der Waals surface area contributed by atoms with Gasteiger partial charge in [-0.05, 0) is 18.1 Å². The minimum atomic E-state index is -1.12. The lowest BCUT2D eigenvalue weighted by molar-refractivity contribution is -0.137. The van der Waals surface area contributed by atoms with Gasteiger partial charge in [-0.2, -0.15) is 0 Å². The molecule has 0 aromatic heterocycles. The van der Waals surface area contributed by atoms with Crippen LogP contribution >= 0.6 is 11.6 Å². The van der Waals surface area contributed by atoms with Gasteiger partial charge < -0.3 is 10.0 Å². The highest BCUT2D eigenvalue weighted by Gasteiger charge is 2.22. The number of aliphatic carboxylic acids is 1. The van der Waals surface area contributed by atoms with Gasteiger partial charge in [-0.15, -0.1) is 0 Å². The fraction of sp³-hybridized carbons (Fsp3) is 0.385. The molecule has 1 aromatic rings. The summed E-state index contributed by atoms with van der Waals surface area (Å²) in [6.45, 7) is 3.53. The monoisotopic (exact) mass is 287 g/mol. The number of benzene rings is 1. The quantitative estimate of drug-likeness (QED) is 0.906. The van der Waals surface area contributed by atoms with E-state index in [4.69, 9.17) is 16.7 Å². The molecule has 0 saturated carbocycles. The number of carbonyl (C=O) groups excluding carboxylic acids is 1. The van der Waals surface area contributed by atoms with E-state index >= 15 is 0 Å². The van der Waals surface area contributed by atoms with Crippen LogP contribution in [-0.2, 0) is 4.79 Å². The predicted molar refractivity (Wildman–Crippen MR) is 69.8 cm³/mol.